The number of esters is 1. The van der Waals surface area contributed by atoms with Gasteiger partial charge in [0.15, 0.2) is 9.90 Å². The second kappa shape index (κ2) is 5.91. The molecule has 1 aromatic rings. The second-order valence-electron chi connectivity index (χ2n) is 3.40. The quantitative estimate of drug-likeness (QED) is 0.689. The van der Waals surface area contributed by atoms with Crippen molar-refractivity contribution in [3.8, 4) is 0 Å². The molecule has 0 spiro atoms. The zero-order valence-corrected chi connectivity index (χ0v) is 11.2. The summed E-state index contributed by atoms with van der Waals surface area (Å²) >= 11 is 17.4. The van der Waals surface area contributed by atoms with Gasteiger partial charge in [0.25, 0.3) is 0 Å². The summed E-state index contributed by atoms with van der Waals surface area (Å²) in [7, 11) is 1.16. The van der Waals surface area contributed by atoms with Crippen LogP contribution in [0.5, 0.6) is 0 Å². The molecule has 0 saturated heterocycles. The largest absolute Gasteiger partial charge is 0.467 e. The first kappa shape index (κ1) is 14.6. The van der Waals surface area contributed by atoms with Gasteiger partial charge in [-0.2, -0.15) is 0 Å². The monoisotopic (exact) mass is 296 g/mol. The Kier molecular flexibility index (Phi) is 5.07. The number of ether oxygens (including phenoxy) is 1. The van der Waals surface area contributed by atoms with E-state index < -0.39 is 21.8 Å². The summed E-state index contributed by atoms with van der Waals surface area (Å²) in [5.74, 6) is -1.83. The molecular formula is C11H11Cl3O3. The van der Waals surface area contributed by atoms with Crippen molar-refractivity contribution in [1.29, 1.82) is 0 Å². The second-order valence-corrected chi connectivity index (χ2v) is 5.77. The van der Waals surface area contributed by atoms with E-state index in [4.69, 9.17) is 34.8 Å². The predicted octanol–water partition coefficient (Wildman–Crippen LogP) is 2.67. The molecule has 1 rings (SSSR count). The summed E-state index contributed by atoms with van der Waals surface area (Å²) in [6, 6.07) is 8.56. The van der Waals surface area contributed by atoms with Crippen molar-refractivity contribution in [2.45, 2.75) is 15.8 Å². The zero-order chi connectivity index (χ0) is 13.1. The summed E-state index contributed by atoms with van der Waals surface area (Å²) in [6.45, 7) is 0. The third-order valence-corrected chi connectivity index (χ3v) is 2.98. The van der Waals surface area contributed by atoms with Crippen LogP contribution in [0.4, 0.5) is 0 Å². The molecule has 0 radical (unpaired) electrons. The highest BCUT2D eigenvalue weighted by molar-refractivity contribution is 6.68. The van der Waals surface area contributed by atoms with Gasteiger partial charge >= 0.3 is 5.97 Å². The molecule has 0 heterocycles. The van der Waals surface area contributed by atoms with Crippen molar-refractivity contribution in [2.24, 2.45) is 0 Å². The van der Waals surface area contributed by atoms with Gasteiger partial charge in [-0.15, -0.1) is 0 Å². The Morgan fingerprint density at radius 2 is 1.82 bits per heavy atom. The van der Waals surface area contributed by atoms with Crippen LogP contribution in [0, 0.1) is 0 Å². The van der Waals surface area contributed by atoms with Crippen LogP contribution in [0.3, 0.4) is 0 Å². The Hall–Kier alpha value is -0.480. The molecule has 2 atom stereocenters. The molecule has 0 amide bonds. The van der Waals surface area contributed by atoms with Gasteiger partial charge in [0.1, 0.15) is 0 Å². The number of rotatable bonds is 3. The van der Waals surface area contributed by atoms with Crippen molar-refractivity contribution < 1.29 is 14.6 Å². The van der Waals surface area contributed by atoms with E-state index in [0.29, 0.717) is 5.56 Å². The number of methoxy groups -OCH3 is 1. The normalized spacial score (nSPS) is 15.1. The van der Waals surface area contributed by atoms with Crippen molar-refractivity contribution in [1.82, 2.24) is 0 Å². The van der Waals surface area contributed by atoms with E-state index >= 15 is 0 Å². The van der Waals surface area contributed by atoms with E-state index in [1.54, 1.807) is 30.3 Å². The lowest BCUT2D eigenvalue weighted by molar-refractivity contribution is -0.151. The van der Waals surface area contributed by atoms with Gasteiger partial charge in [0.05, 0.1) is 13.0 Å². The number of carbonyl (C=O) groups is 1. The highest BCUT2D eigenvalue weighted by atomic mass is 35.6. The standard InChI is InChI=1S/C11H11Cl3O3/c1-17-10(16)9(15)8(11(12,13)14)7-5-3-2-4-6-7/h2-6,8-9,15H,1H3. The molecule has 0 bridgehead atoms. The molecule has 17 heavy (non-hydrogen) atoms. The molecule has 6 heteroatoms. The van der Waals surface area contributed by atoms with Gasteiger partial charge in [-0.1, -0.05) is 65.1 Å². The minimum Gasteiger partial charge on any atom is -0.467 e. The number of benzene rings is 1. The number of hydrogen-bond donors (Lipinski definition) is 1. The molecular weight excluding hydrogens is 286 g/mol. The smallest absolute Gasteiger partial charge is 0.335 e. The van der Waals surface area contributed by atoms with Gasteiger partial charge in [-0.25, -0.2) is 4.79 Å². The Morgan fingerprint density at radius 1 is 1.29 bits per heavy atom. The highest BCUT2D eigenvalue weighted by Crippen LogP contribution is 2.43. The van der Waals surface area contributed by atoms with Crippen LogP contribution in [0.1, 0.15) is 11.5 Å². The van der Waals surface area contributed by atoms with Crippen LogP contribution in [-0.2, 0) is 9.53 Å². The number of aliphatic hydroxyl groups excluding tert-OH is 1. The molecule has 0 aliphatic carbocycles. The maximum absolute atomic E-state index is 11.3. The minimum atomic E-state index is -1.81. The van der Waals surface area contributed by atoms with E-state index in [1.807, 2.05) is 0 Å². The topological polar surface area (TPSA) is 46.5 Å². The van der Waals surface area contributed by atoms with Gasteiger partial charge in [0, 0.05) is 0 Å². The highest BCUT2D eigenvalue weighted by Gasteiger charge is 2.42. The lowest BCUT2D eigenvalue weighted by atomic mass is 9.95. The Morgan fingerprint density at radius 3 is 2.24 bits per heavy atom. The number of alkyl halides is 3. The molecule has 1 N–H and O–H groups in total. The van der Waals surface area contributed by atoms with E-state index in [-0.39, 0.29) is 0 Å². The van der Waals surface area contributed by atoms with Crippen molar-refractivity contribution in [3.63, 3.8) is 0 Å². The van der Waals surface area contributed by atoms with Gasteiger partial charge in [-0.3, -0.25) is 0 Å². The first-order valence-electron chi connectivity index (χ1n) is 4.75. The fraction of sp³-hybridized carbons (Fsp3) is 0.364. The van der Waals surface area contributed by atoms with Gasteiger partial charge in [0.2, 0.25) is 0 Å². The number of carbonyl (C=O) groups excluding carboxylic acids is 1. The van der Waals surface area contributed by atoms with E-state index in [0.717, 1.165) is 7.11 Å². The lowest BCUT2D eigenvalue weighted by Crippen LogP contribution is -2.36. The maximum Gasteiger partial charge on any atom is 0.335 e. The number of halogens is 3. The number of hydrogen-bond acceptors (Lipinski definition) is 3. The lowest BCUT2D eigenvalue weighted by Gasteiger charge is -2.27. The van der Waals surface area contributed by atoms with Gasteiger partial charge in [-0.05, 0) is 5.56 Å². The summed E-state index contributed by atoms with van der Waals surface area (Å²) in [4.78, 5) is 11.3. The van der Waals surface area contributed by atoms with Crippen LogP contribution in [-0.4, -0.2) is 28.1 Å². The summed E-state index contributed by atoms with van der Waals surface area (Å²) in [5.41, 5.74) is 0.547. The summed E-state index contributed by atoms with van der Waals surface area (Å²) in [5, 5.41) is 9.84. The first-order chi connectivity index (χ1) is 7.88. The third-order valence-electron chi connectivity index (χ3n) is 2.27. The van der Waals surface area contributed by atoms with Crippen LogP contribution in [0.25, 0.3) is 0 Å². The molecule has 0 aliphatic rings. The SMILES string of the molecule is COC(=O)C(O)C(c1ccccc1)C(Cl)(Cl)Cl. The zero-order valence-electron chi connectivity index (χ0n) is 8.94. The van der Waals surface area contributed by atoms with Crippen LogP contribution < -0.4 is 0 Å². The van der Waals surface area contributed by atoms with E-state index in [9.17, 15) is 9.90 Å². The fourth-order valence-electron chi connectivity index (χ4n) is 1.47. The molecule has 3 nitrogen and oxygen atoms in total. The average molecular weight is 298 g/mol. The molecule has 0 aromatic heterocycles. The van der Waals surface area contributed by atoms with Crippen LogP contribution in [0.2, 0.25) is 0 Å². The van der Waals surface area contributed by atoms with Crippen LogP contribution >= 0.6 is 34.8 Å². The maximum atomic E-state index is 11.3. The Labute approximate surface area is 114 Å². The number of aliphatic hydroxyl groups is 1. The van der Waals surface area contributed by atoms with Gasteiger partial charge < -0.3 is 9.84 Å². The molecule has 0 aliphatic heterocycles. The van der Waals surface area contributed by atoms with Crippen molar-refractivity contribution in [2.75, 3.05) is 7.11 Å². The molecule has 2 unspecified atom stereocenters. The predicted molar refractivity (Wildman–Crippen MR) is 67.5 cm³/mol. The first-order valence-corrected chi connectivity index (χ1v) is 5.89. The fourth-order valence-corrected chi connectivity index (χ4v) is 2.20. The summed E-state index contributed by atoms with van der Waals surface area (Å²) < 4.78 is 2.63. The van der Waals surface area contributed by atoms with E-state index in [1.165, 1.54) is 0 Å². The molecule has 1 aromatic carbocycles. The van der Waals surface area contributed by atoms with Crippen molar-refractivity contribution >= 4 is 40.8 Å². The third kappa shape index (κ3) is 3.75. The van der Waals surface area contributed by atoms with E-state index in [2.05, 4.69) is 4.74 Å². The minimum absolute atomic E-state index is 0.547. The molecule has 0 saturated carbocycles. The Balaban J connectivity index is 3.10. The Bertz CT molecular complexity index is 375. The van der Waals surface area contributed by atoms with Crippen LogP contribution in [0.15, 0.2) is 30.3 Å². The molecule has 0 fully saturated rings. The average Bonchev–Trinajstić information content (AvgIpc) is 2.27. The summed E-state index contributed by atoms with van der Waals surface area (Å²) in [6.07, 6.45) is -1.53. The van der Waals surface area contributed by atoms with Crippen molar-refractivity contribution in [3.05, 3.63) is 35.9 Å². The molecule has 94 valence electrons.